The summed E-state index contributed by atoms with van der Waals surface area (Å²) in [4.78, 5) is 0. The lowest BCUT2D eigenvalue weighted by atomic mass is 9.74. The second-order valence-corrected chi connectivity index (χ2v) is 7.83. The SMILES string of the molecule is COc1cc2c(c(OC)c1OC)-c1c(cc3c(c1OC)OCO3)[C@H](O)[C@H](C)[C@H](C)[C@@H]2O. The third-order valence-corrected chi connectivity index (χ3v) is 6.43. The molecule has 2 aromatic rings. The zero-order valence-corrected chi connectivity index (χ0v) is 18.5. The van der Waals surface area contributed by atoms with Crippen LogP contribution in [0.15, 0.2) is 12.1 Å². The van der Waals surface area contributed by atoms with E-state index in [2.05, 4.69) is 0 Å². The fraction of sp³-hybridized carbons (Fsp3) is 0.478. The molecule has 0 fully saturated rings. The van der Waals surface area contributed by atoms with Gasteiger partial charge in [0.05, 0.1) is 40.6 Å². The van der Waals surface area contributed by atoms with Crippen molar-refractivity contribution in [3.05, 3.63) is 23.3 Å². The molecule has 0 saturated carbocycles. The number of benzene rings is 2. The first-order chi connectivity index (χ1) is 14.9. The van der Waals surface area contributed by atoms with Crippen molar-refractivity contribution in [2.75, 3.05) is 35.2 Å². The maximum Gasteiger partial charge on any atom is 0.231 e. The highest BCUT2D eigenvalue weighted by Gasteiger charge is 2.40. The number of fused-ring (bicyclic) bond motifs is 4. The topological polar surface area (TPSA) is 95.8 Å². The molecule has 168 valence electrons. The minimum Gasteiger partial charge on any atom is -0.493 e. The van der Waals surface area contributed by atoms with E-state index in [1.54, 1.807) is 12.1 Å². The largest absolute Gasteiger partial charge is 0.493 e. The normalized spacial score (nSPS) is 23.9. The summed E-state index contributed by atoms with van der Waals surface area (Å²) >= 11 is 0. The lowest BCUT2D eigenvalue weighted by Crippen LogP contribution is -2.26. The highest BCUT2D eigenvalue weighted by molar-refractivity contribution is 5.89. The summed E-state index contributed by atoms with van der Waals surface area (Å²) in [6, 6.07) is 3.52. The van der Waals surface area contributed by atoms with Crippen LogP contribution in [-0.2, 0) is 0 Å². The van der Waals surface area contributed by atoms with Crippen LogP contribution in [0.5, 0.6) is 34.5 Å². The van der Waals surface area contributed by atoms with Gasteiger partial charge in [0.2, 0.25) is 18.3 Å². The molecule has 1 aliphatic heterocycles. The van der Waals surface area contributed by atoms with Gasteiger partial charge in [-0.15, -0.1) is 0 Å². The number of hydrogen-bond donors (Lipinski definition) is 2. The van der Waals surface area contributed by atoms with E-state index >= 15 is 0 Å². The van der Waals surface area contributed by atoms with E-state index in [4.69, 9.17) is 28.4 Å². The maximum absolute atomic E-state index is 11.3. The predicted octanol–water partition coefficient (Wildman–Crippen LogP) is 3.47. The Hall–Kier alpha value is -2.84. The number of methoxy groups -OCH3 is 4. The minimum absolute atomic E-state index is 0.0508. The van der Waals surface area contributed by atoms with E-state index in [0.29, 0.717) is 56.8 Å². The summed E-state index contributed by atoms with van der Waals surface area (Å²) in [7, 11) is 6.09. The van der Waals surface area contributed by atoms with Crippen LogP contribution >= 0.6 is 0 Å². The van der Waals surface area contributed by atoms with Gasteiger partial charge in [0.25, 0.3) is 0 Å². The Morgan fingerprint density at radius 3 is 1.84 bits per heavy atom. The quantitative estimate of drug-likeness (QED) is 0.758. The van der Waals surface area contributed by atoms with Crippen molar-refractivity contribution >= 4 is 0 Å². The Kier molecular flexibility index (Phi) is 5.53. The maximum atomic E-state index is 11.3. The van der Waals surface area contributed by atoms with Gasteiger partial charge in [-0.3, -0.25) is 0 Å². The Labute approximate surface area is 181 Å². The van der Waals surface area contributed by atoms with Gasteiger partial charge in [0.1, 0.15) is 0 Å². The summed E-state index contributed by atoms with van der Waals surface area (Å²) in [5.74, 6) is 1.95. The average molecular weight is 432 g/mol. The minimum atomic E-state index is -0.906. The fourth-order valence-electron chi connectivity index (χ4n) is 4.52. The van der Waals surface area contributed by atoms with Crippen molar-refractivity contribution in [1.82, 2.24) is 0 Å². The predicted molar refractivity (Wildman–Crippen MR) is 112 cm³/mol. The van der Waals surface area contributed by atoms with Gasteiger partial charge in [0.15, 0.2) is 23.0 Å². The van der Waals surface area contributed by atoms with Crippen molar-refractivity contribution in [2.24, 2.45) is 11.8 Å². The average Bonchev–Trinajstić information content (AvgIpc) is 3.27. The summed E-state index contributed by atoms with van der Waals surface area (Å²) in [5.41, 5.74) is 2.29. The lowest BCUT2D eigenvalue weighted by Gasteiger charge is -2.35. The third-order valence-electron chi connectivity index (χ3n) is 6.43. The molecule has 8 heteroatoms. The van der Waals surface area contributed by atoms with E-state index < -0.39 is 12.2 Å². The molecule has 0 unspecified atom stereocenters. The zero-order chi connectivity index (χ0) is 22.4. The summed E-state index contributed by atoms with van der Waals surface area (Å²) in [6.07, 6.45) is -1.80. The monoisotopic (exact) mass is 432 g/mol. The molecule has 4 atom stereocenters. The van der Waals surface area contributed by atoms with Crippen molar-refractivity contribution in [2.45, 2.75) is 26.1 Å². The van der Waals surface area contributed by atoms with Crippen LogP contribution in [-0.4, -0.2) is 45.4 Å². The molecule has 0 bridgehead atoms. The molecule has 0 amide bonds. The van der Waals surface area contributed by atoms with Gasteiger partial charge in [0, 0.05) is 11.1 Å². The lowest BCUT2D eigenvalue weighted by molar-refractivity contribution is 0.0197. The van der Waals surface area contributed by atoms with Crippen LogP contribution in [0.1, 0.15) is 37.2 Å². The van der Waals surface area contributed by atoms with Crippen molar-refractivity contribution < 1.29 is 38.6 Å². The molecule has 0 saturated heterocycles. The van der Waals surface area contributed by atoms with Gasteiger partial charge in [-0.1, -0.05) is 13.8 Å². The molecule has 0 radical (unpaired) electrons. The second kappa shape index (κ2) is 8.01. The number of hydrogen-bond acceptors (Lipinski definition) is 8. The van der Waals surface area contributed by atoms with Crippen molar-refractivity contribution in [1.29, 1.82) is 0 Å². The molecule has 1 aliphatic carbocycles. The molecule has 2 N–H and O–H groups in total. The van der Waals surface area contributed by atoms with E-state index in [-0.39, 0.29) is 18.6 Å². The molecule has 0 spiro atoms. The Morgan fingerprint density at radius 2 is 1.29 bits per heavy atom. The van der Waals surface area contributed by atoms with E-state index in [9.17, 15) is 10.2 Å². The molecule has 4 rings (SSSR count). The van der Waals surface area contributed by atoms with Gasteiger partial charge in [-0.2, -0.15) is 0 Å². The van der Waals surface area contributed by atoms with Crippen LogP contribution in [0.25, 0.3) is 11.1 Å². The number of aliphatic hydroxyl groups is 2. The third kappa shape index (κ3) is 3.04. The van der Waals surface area contributed by atoms with Crippen LogP contribution in [0, 0.1) is 11.8 Å². The summed E-state index contributed by atoms with van der Waals surface area (Å²) in [5, 5.41) is 22.7. The first-order valence-corrected chi connectivity index (χ1v) is 10.1. The van der Waals surface area contributed by atoms with Crippen LogP contribution in [0.4, 0.5) is 0 Å². The molecular weight excluding hydrogens is 404 g/mol. The Bertz CT molecular complexity index is 1000. The standard InChI is InChI=1S/C23H28O8/c1-10-11(2)19(25)13-8-15-21(31-9-30-15)23(29-6)17(13)16-12(18(10)24)7-14(26-3)20(27-4)22(16)28-5/h7-8,10-11,18-19,24-25H,9H2,1-6H3/t10-,11+,18-,19+/m0/s1. The fourth-order valence-corrected chi connectivity index (χ4v) is 4.52. The number of ether oxygens (including phenoxy) is 6. The second-order valence-electron chi connectivity index (χ2n) is 7.83. The molecule has 1 heterocycles. The van der Waals surface area contributed by atoms with E-state index in [1.165, 1.54) is 28.4 Å². The molecule has 8 nitrogen and oxygen atoms in total. The summed E-state index contributed by atoms with van der Waals surface area (Å²) in [6.45, 7) is 3.86. The highest BCUT2D eigenvalue weighted by atomic mass is 16.7. The van der Waals surface area contributed by atoms with Gasteiger partial charge in [-0.25, -0.2) is 0 Å². The molecule has 2 aliphatic rings. The molecule has 0 aromatic heterocycles. The number of aliphatic hydroxyl groups excluding tert-OH is 2. The van der Waals surface area contributed by atoms with Crippen LogP contribution in [0.3, 0.4) is 0 Å². The molecular formula is C23H28O8. The smallest absolute Gasteiger partial charge is 0.231 e. The molecule has 31 heavy (non-hydrogen) atoms. The zero-order valence-electron chi connectivity index (χ0n) is 18.5. The van der Waals surface area contributed by atoms with E-state index in [0.717, 1.165) is 0 Å². The van der Waals surface area contributed by atoms with E-state index in [1.807, 2.05) is 13.8 Å². The highest BCUT2D eigenvalue weighted by Crippen LogP contribution is 2.59. The molecule has 2 aromatic carbocycles. The Morgan fingerprint density at radius 1 is 0.742 bits per heavy atom. The Balaban J connectivity index is 2.20. The first-order valence-electron chi connectivity index (χ1n) is 10.1. The summed E-state index contributed by atoms with van der Waals surface area (Å²) < 4.78 is 33.9. The number of rotatable bonds is 4. The van der Waals surface area contributed by atoms with Gasteiger partial charge < -0.3 is 38.6 Å². The van der Waals surface area contributed by atoms with Gasteiger partial charge in [-0.05, 0) is 35.1 Å². The van der Waals surface area contributed by atoms with Crippen molar-refractivity contribution in [3.63, 3.8) is 0 Å². The van der Waals surface area contributed by atoms with Crippen molar-refractivity contribution in [3.8, 4) is 45.6 Å². The first kappa shape index (κ1) is 21.4. The van der Waals surface area contributed by atoms with Crippen LogP contribution < -0.4 is 28.4 Å². The van der Waals surface area contributed by atoms with Crippen LogP contribution in [0.2, 0.25) is 0 Å². The van der Waals surface area contributed by atoms with Gasteiger partial charge >= 0.3 is 0 Å².